The summed E-state index contributed by atoms with van der Waals surface area (Å²) in [5.74, 6) is 0.933. The average molecular weight is 449 g/mol. The lowest BCUT2D eigenvalue weighted by atomic mass is 9.93. The molecule has 0 atom stereocenters. The van der Waals surface area contributed by atoms with Crippen molar-refractivity contribution < 1.29 is 19.0 Å². The highest BCUT2D eigenvalue weighted by Gasteiger charge is 2.23. The number of carbonyl (C=O) groups is 1. The number of nitrogen functional groups attached to an aromatic ring is 1. The normalized spacial score (nSPS) is 13.6. The lowest BCUT2D eigenvalue weighted by Crippen LogP contribution is -2.36. The van der Waals surface area contributed by atoms with E-state index in [0.29, 0.717) is 17.1 Å². The Labute approximate surface area is 193 Å². The summed E-state index contributed by atoms with van der Waals surface area (Å²) in [7, 11) is 1.61. The van der Waals surface area contributed by atoms with Gasteiger partial charge in [-0.05, 0) is 60.9 Å². The molecule has 0 unspecified atom stereocenters. The predicted octanol–water partition coefficient (Wildman–Crippen LogP) is 3.68. The number of ether oxygens (including phenoxy) is 3. The molecule has 1 amide bonds. The first-order chi connectivity index (χ1) is 15.9. The van der Waals surface area contributed by atoms with E-state index in [0.717, 1.165) is 48.7 Å². The Morgan fingerprint density at radius 1 is 1.06 bits per heavy atom. The van der Waals surface area contributed by atoms with Gasteiger partial charge in [-0.25, -0.2) is 4.98 Å². The predicted molar refractivity (Wildman–Crippen MR) is 128 cm³/mol. The monoisotopic (exact) mass is 448 g/mol. The third-order valence-electron chi connectivity index (χ3n) is 5.87. The van der Waals surface area contributed by atoms with Crippen LogP contribution in [0.15, 0.2) is 42.6 Å². The number of nitrogens with two attached hydrogens (primary N) is 2. The second-order valence-corrected chi connectivity index (χ2v) is 7.91. The number of aromatic nitrogens is 1. The molecule has 8 nitrogen and oxygen atoms in total. The van der Waals surface area contributed by atoms with Crippen LogP contribution in [-0.4, -0.2) is 44.3 Å². The van der Waals surface area contributed by atoms with E-state index in [9.17, 15) is 4.79 Å². The zero-order valence-corrected chi connectivity index (χ0v) is 19.1. The molecule has 1 aliphatic rings. The van der Waals surface area contributed by atoms with Crippen molar-refractivity contribution in [3.63, 3.8) is 0 Å². The number of carbonyl (C=O) groups excluding carboxylic acids is 1. The number of hydrogen-bond donors (Lipinski definition) is 2. The molecular weight excluding hydrogens is 420 g/mol. The van der Waals surface area contributed by atoms with Gasteiger partial charge in [0.05, 0.1) is 37.1 Å². The molecule has 0 saturated carbocycles. The molecule has 2 aromatic carbocycles. The van der Waals surface area contributed by atoms with Gasteiger partial charge in [-0.2, -0.15) is 0 Å². The van der Waals surface area contributed by atoms with E-state index in [1.165, 1.54) is 6.20 Å². The molecule has 0 bridgehead atoms. The molecule has 0 aliphatic carbocycles. The van der Waals surface area contributed by atoms with Gasteiger partial charge in [-0.3, -0.25) is 4.79 Å². The van der Waals surface area contributed by atoms with Crippen molar-refractivity contribution in [2.45, 2.75) is 13.8 Å². The van der Waals surface area contributed by atoms with Crippen LogP contribution in [0.1, 0.15) is 21.5 Å². The maximum Gasteiger partial charge on any atom is 0.252 e. The SMILES string of the molecule is COc1ccc(C)c(-c2c(Oc3ccc(N4CCOCC4)cc3)ncc(C(N)=O)c2N)c1C. The summed E-state index contributed by atoms with van der Waals surface area (Å²) in [6.07, 6.45) is 1.35. The number of hydrogen-bond acceptors (Lipinski definition) is 7. The molecule has 2 heterocycles. The average Bonchev–Trinajstić information content (AvgIpc) is 2.82. The van der Waals surface area contributed by atoms with E-state index < -0.39 is 5.91 Å². The highest BCUT2D eigenvalue weighted by atomic mass is 16.5. The number of benzene rings is 2. The first-order valence-corrected chi connectivity index (χ1v) is 10.7. The number of aryl methyl sites for hydroxylation is 1. The number of pyridine rings is 1. The third kappa shape index (κ3) is 4.42. The highest BCUT2D eigenvalue weighted by molar-refractivity contribution is 6.02. The van der Waals surface area contributed by atoms with Crippen molar-refractivity contribution in [3.05, 3.63) is 59.3 Å². The Bertz CT molecular complexity index is 1170. The second kappa shape index (κ2) is 9.38. The van der Waals surface area contributed by atoms with Crippen LogP contribution in [0.3, 0.4) is 0 Å². The van der Waals surface area contributed by atoms with Gasteiger partial charge in [0.2, 0.25) is 5.88 Å². The van der Waals surface area contributed by atoms with Gasteiger partial charge < -0.3 is 30.6 Å². The first-order valence-electron chi connectivity index (χ1n) is 10.7. The number of morpholine rings is 1. The largest absolute Gasteiger partial charge is 0.496 e. The van der Waals surface area contributed by atoms with Crippen LogP contribution in [0.4, 0.5) is 11.4 Å². The van der Waals surface area contributed by atoms with Crippen LogP contribution < -0.4 is 25.8 Å². The summed E-state index contributed by atoms with van der Waals surface area (Å²) in [6.45, 7) is 7.03. The molecule has 1 aromatic heterocycles. The van der Waals surface area contributed by atoms with Crippen molar-refractivity contribution in [1.82, 2.24) is 4.98 Å². The van der Waals surface area contributed by atoms with E-state index in [1.54, 1.807) is 7.11 Å². The van der Waals surface area contributed by atoms with Crippen molar-refractivity contribution in [2.75, 3.05) is 44.0 Å². The smallest absolute Gasteiger partial charge is 0.252 e. The van der Waals surface area contributed by atoms with Crippen molar-refractivity contribution in [1.29, 1.82) is 0 Å². The number of nitrogens with zero attached hydrogens (tertiary/aromatic N) is 2. The summed E-state index contributed by atoms with van der Waals surface area (Å²) in [6, 6.07) is 11.6. The maximum atomic E-state index is 12.0. The molecule has 8 heteroatoms. The van der Waals surface area contributed by atoms with Gasteiger partial charge in [0.25, 0.3) is 5.91 Å². The summed E-state index contributed by atoms with van der Waals surface area (Å²) in [5.41, 5.74) is 16.6. The van der Waals surface area contributed by atoms with Crippen LogP contribution in [-0.2, 0) is 4.74 Å². The lowest BCUT2D eigenvalue weighted by Gasteiger charge is -2.28. The maximum absolute atomic E-state index is 12.0. The molecule has 0 spiro atoms. The van der Waals surface area contributed by atoms with E-state index in [2.05, 4.69) is 9.88 Å². The molecule has 3 aromatic rings. The fourth-order valence-corrected chi connectivity index (χ4v) is 4.11. The summed E-state index contributed by atoms with van der Waals surface area (Å²) in [4.78, 5) is 18.7. The standard InChI is InChI=1S/C25H28N4O4/c1-15-4-9-20(31-3)16(2)21(15)22-23(26)19(24(27)30)14-28-25(22)33-18-7-5-17(6-8-18)29-10-12-32-13-11-29/h4-9,14H,10-13H2,1-3H3,(H2,26,28)(H2,27,30). The molecular formula is C25H28N4O4. The van der Waals surface area contributed by atoms with Crippen LogP contribution in [0.5, 0.6) is 17.4 Å². The molecule has 1 fully saturated rings. The fourth-order valence-electron chi connectivity index (χ4n) is 4.11. The third-order valence-corrected chi connectivity index (χ3v) is 5.87. The van der Waals surface area contributed by atoms with Crippen LogP contribution in [0, 0.1) is 13.8 Å². The number of anilines is 2. The van der Waals surface area contributed by atoms with Crippen molar-refractivity contribution in [2.24, 2.45) is 5.73 Å². The van der Waals surface area contributed by atoms with Crippen LogP contribution >= 0.6 is 0 Å². The number of methoxy groups -OCH3 is 1. The minimum Gasteiger partial charge on any atom is -0.496 e. The molecule has 1 aliphatic heterocycles. The molecule has 0 radical (unpaired) electrons. The zero-order chi connectivity index (χ0) is 23.5. The molecule has 33 heavy (non-hydrogen) atoms. The summed E-state index contributed by atoms with van der Waals surface area (Å²) in [5, 5.41) is 0. The first kappa shape index (κ1) is 22.4. The number of rotatable bonds is 6. The van der Waals surface area contributed by atoms with Gasteiger partial charge in [0.15, 0.2) is 0 Å². The van der Waals surface area contributed by atoms with Gasteiger partial charge >= 0.3 is 0 Å². The van der Waals surface area contributed by atoms with Gasteiger partial charge in [0, 0.05) is 25.0 Å². The minimum atomic E-state index is -0.652. The van der Waals surface area contributed by atoms with Crippen LogP contribution in [0.25, 0.3) is 11.1 Å². The molecule has 4 N–H and O–H groups in total. The minimum absolute atomic E-state index is 0.140. The van der Waals surface area contributed by atoms with E-state index in [1.807, 2.05) is 50.2 Å². The molecule has 172 valence electrons. The van der Waals surface area contributed by atoms with E-state index >= 15 is 0 Å². The second-order valence-electron chi connectivity index (χ2n) is 7.91. The quantitative estimate of drug-likeness (QED) is 0.591. The Hall–Kier alpha value is -3.78. The zero-order valence-electron chi connectivity index (χ0n) is 19.1. The summed E-state index contributed by atoms with van der Waals surface area (Å²) < 4.78 is 17.1. The van der Waals surface area contributed by atoms with E-state index in [-0.39, 0.29) is 17.1 Å². The Balaban J connectivity index is 1.77. The van der Waals surface area contributed by atoms with Crippen molar-refractivity contribution in [3.8, 4) is 28.5 Å². The Morgan fingerprint density at radius 3 is 2.39 bits per heavy atom. The Morgan fingerprint density at radius 2 is 1.76 bits per heavy atom. The van der Waals surface area contributed by atoms with E-state index in [4.69, 9.17) is 25.7 Å². The Kier molecular flexibility index (Phi) is 6.37. The van der Waals surface area contributed by atoms with Crippen molar-refractivity contribution >= 4 is 17.3 Å². The molecule has 4 rings (SSSR count). The van der Waals surface area contributed by atoms with Crippen LogP contribution in [0.2, 0.25) is 0 Å². The molecule has 1 saturated heterocycles. The summed E-state index contributed by atoms with van der Waals surface area (Å²) >= 11 is 0. The number of primary amides is 1. The highest BCUT2D eigenvalue weighted by Crippen LogP contribution is 2.43. The van der Waals surface area contributed by atoms with Gasteiger partial charge in [-0.15, -0.1) is 0 Å². The topological polar surface area (TPSA) is 113 Å². The fraction of sp³-hybridized carbons (Fsp3) is 0.280. The number of amides is 1. The van der Waals surface area contributed by atoms with Gasteiger partial charge in [0.1, 0.15) is 11.5 Å². The van der Waals surface area contributed by atoms with Gasteiger partial charge in [-0.1, -0.05) is 6.07 Å². The lowest BCUT2D eigenvalue weighted by molar-refractivity contribution is 0.100.